The van der Waals surface area contributed by atoms with Crippen molar-refractivity contribution in [1.82, 2.24) is 9.97 Å². The molecule has 1 heterocycles. The number of aliphatic hydroxyl groups excluding tert-OH is 1. The molecule has 6 heteroatoms. The lowest BCUT2D eigenvalue weighted by atomic mass is 10.1. The molecule has 0 saturated carbocycles. The predicted octanol–water partition coefficient (Wildman–Crippen LogP) is 4.75. The van der Waals surface area contributed by atoms with Gasteiger partial charge in [-0.05, 0) is 31.0 Å². The Labute approximate surface area is 161 Å². The normalized spacial score (nSPS) is 10.6. The van der Waals surface area contributed by atoms with Crippen LogP contribution in [0.5, 0.6) is 0 Å². The fourth-order valence-electron chi connectivity index (χ4n) is 2.51. The molecule has 0 fully saturated rings. The van der Waals surface area contributed by atoms with Gasteiger partial charge in [0.2, 0.25) is 5.95 Å². The highest BCUT2D eigenvalue weighted by molar-refractivity contribution is 9.10. The molecule has 0 radical (unpaired) electrons. The van der Waals surface area contributed by atoms with E-state index in [1.54, 1.807) is 0 Å². The van der Waals surface area contributed by atoms with Crippen molar-refractivity contribution in [3.05, 3.63) is 64.6 Å². The van der Waals surface area contributed by atoms with E-state index in [1.165, 1.54) is 0 Å². The van der Waals surface area contributed by atoms with Crippen LogP contribution in [0.3, 0.4) is 0 Å². The lowest BCUT2D eigenvalue weighted by molar-refractivity contribution is 0.292. The van der Waals surface area contributed by atoms with Crippen LogP contribution in [-0.4, -0.2) is 28.2 Å². The first kappa shape index (κ1) is 18.4. The minimum absolute atomic E-state index is 0.133. The van der Waals surface area contributed by atoms with E-state index >= 15 is 0 Å². The van der Waals surface area contributed by atoms with Gasteiger partial charge in [0, 0.05) is 34.9 Å². The number of aliphatic hydroxyl groups is 1. The standard InChI is InChI=1S/C20H21BrN4O/c1-14-16(21)9-5-10-17(14)23-19-13-18(15-7-3-2-4-8-15)24-20(25-19)22-11-6-12-26/h2-5,7-10,13,26H,6,11-12H2,1H3,(H2,22,23,24,25). The molecule has 0 atom stereocenters. The van der Waals surface area contributed by atoms with Crippen LogP contribution >= 0.6 is 15.9 Å². The maximum Gasteiger partial charge on any atom is 0.225 e. The van der Waals surface area contributed by atoms with E-state index in [2.05, 4.69) is 36.5 Å². The van der Waals surface area contributed by atoms with Gasteiger partial charge in [0.05, 0.1) is 5.69 Å². The second kappa shape index (κ2) is 8.78. The maximum atomic E-state index is 8.99. The smallest absolute Gasteiger partial charge is 0.225 e. The number of aromatic nitrogens is 2. The molecule has 1 aromatic heterocycles. The van der Waals surface area contributed by atoms with Gasteiger partial charge in [-0.3, -0.25) is 0 Å². The zero-order valence-corrected chi connectivity index (χ0v) is 16.1. The zero-order chi connectivity index (χ0) is 18.4. The van der Waals surface area contributed by atoms with E-state index < -0.39 is 0 Å². The summed E-state index contributed by atoms with van der Waals surface area (Å²) >= 11 is 3.56. The molecule has 3 aromatic rings. The van der Waals surface area contributed by atoms with Crippen LogP contribution in [0.1, 0.15) is 12.0 Å². The van der Waals surface area contributed by atoms with Crippen molar-refractivity contribution in [3.8, 4) is 11.3 Å². The highest BCUT2D eigenvalue weighted by atomic mass is 79.9. The number of hydrogen-bond acceptors (Lipinski definition) is 5. The molecular weight excluding hydrogens is 392 g/mol. The predicted molar refractivity (Wildman–Crippen MR) is 110 cm³/mol. The molecule has 3 rings (SSSR count). The summed E-state index contributed by atoms with van der Waals surface area (Å²) in [4.78, 5) is 9.17. The van der Waals surface area contributed by atoms with Crippen LogP contribution in [0.4, 0.5) is 17.5 Å². The number of nitrogens with one attached hydrogen (secondary N) is 2. The summed E-state index contributed by atoms with van der Waals surface area (Å²) in [6.07, 6.45) is 0.645. The first-order valence-corrected chi connectivity index (χ1v) is 9.28. The quantitative estimate of drug-likeness (QED) is 0.488. The number of benzene rings is 2. The van der Waals surface area contributed by atoms with Crippen molar-refractivity contribution < 1.29 is 5.11 Å². The van der Waals surface area contributed by atoms with Gasteiger partial charge >= 0.3 is 0 Å². The number of rotatable bonds is 7. The SMILES string of the molecule is Cc1c(Br)cccc1Nc1cc(-c2ccccc2)nc(NCCCO)n1. The third-order valence-corrected chi connectivity index (χ3v) is 4.80. The zero-order valence-electron chi connectivity index (χ0n) is 14.5. The fraction of sp³-hybridized carbons (Fsp3) is 0.200. The van der Waals surface area contributed by atoms with Crippen LogP contribution in [0.15, 0.2) is 59.1 Å². The average Bonchev–Trinajstić information content (AvgIpc) is 2.66. The van der Waals surface area contributed by atoms with Crippen molar-refractivity contribution >= 4 is 33.4 Å². The van der Waals surface area contributed by atoms with E-state index in [0.29, 0.717) is 24.7 Å². The first-order chi connectivity index (χ1) is 12.7. The Hall–Kier alpha value is -2.44. The minimum atomic E-state index is 0.133. The Morgan fingerprint density at radius 2 is 1.85 bits per heavy atom. The molecular formula is C20H21BrN4O. The fourth-order valence-corrected chi connectivity index (χ4v) is 2.87. The Bertz CT molecular complexity index is 871. The molecule has 2 aromatic carbocycles. The van der Waals surface area contributed by atoms with Crippen molar-refractivity contribution in [3.63, 3.8) is 0 Å². The molecule has 5 nitrogen and oxygen atoms in total. The number of nitrogens with zero attached hydrogens (tertiary/aromatic N) is 2. The summed E-state index contributed by atoms with van der Waals surface area (Å²) in [5.41, 5.74) is 3.96. The van der Waals surface area contributed by atoms with Crippen molar-refractivity contribution in [2.75, 3.05) is 23.8 Å². The van der Waals surface area contributed by atoms with Gasteiger partial charge in [-0.15, -0.1) is 0 Å². The Morgan fingerprint density at radius 3 is 2.62 bits per heavy atom. The van der Waals surface area contributed by atoms with Crippen LogP contribution in [-0.2, 0) is 0 Å². The summed E-state index contributed by atoms with van der Waals surface area (Å²) in [6, 6.07) is 18.0. The van der Waals surface area contributed by atoms with Crippen LogP contribution in [0.25, 0.3) is 11.3 Å². The molecule has 134 valence electrons. The second-order valence-electron chi connectivity index (χ2n) is 5.87. The number of halogens is 1. The van der Waals surface area contributed by atoms with Gasteiger partial charge < -0.3 is 15.7 Å². The highest BCUT2D eigenvalue weighted by Gasteiger charge is 2.09. The van der Waals surface area contributed by atoms with Gasteiger partial charge in [0.15, 0.2) is 0 Å². The molecule has 0 aliphatic rings. The lowest BCUT2D eigenvalue weighted by Crippen LogP contribution is -2.09. The van der Waals surface area contributed by atoms with Crippen LogP contribution < -0.4 is 10.6 Å². The van der Waals surface area contributed by atoms with E-state index in [9.17, 15) is 0 Å². The Morgan fingerprint density at radius 1 is 1.04 bits per heavy atom. The Kier molecular flexibility index (Phi) is 6.20. The second-order valence-corrected chi connectivity index (χ2v) is 6.72. The van der Waals surface area contributed by atoms with E-state index in [4.69, 9.17) is 5.11 Å². The summed E-state index contributed by atoms with van der Waals surface area (Å²) in [5, 5.41) is 15.5. The molecule has 3 N–H and O–H groups in total. The summed E-state index contributed by atoms with van der Waals surface area (Å²) in [6.45, 7) is 2.80. The monoisotopic (exact) mass is 412 g/mol. The van der Waals surface area contributed by atoms with E-state index in [-0.39, 0.29) is 6.61 Å². The van der Waals surface area contributed by atoms with Crippen molar-refractivity contribution in [1.29, 1.82) is 0 Å². The number of hydrogen-bond donors (Lipinski definition) is 3. The minimum Gasteiger partial charge on any atom is -0.396 e. The topological polar surface area (TPSA) is 70.1 Å². The van der Waals surface area contributed by atoms with E-state index in [0.717, 1.165) is 27.0 Å². The van der Waals surface area contributed by atoms with Gasteiger partial charge in [0.1, 0.15) is 5.82 Å². The van der Waals surface area contributed by atoms with Crippen molar-refractivity contribution in [2.24, 2.45) is 0 Å². The molecule has 0 aliphatic carbocycles. The third kappa shape index (κ3) is 4.59. The molecule has 0 saturated heterocycles. The lowest BCUT2D eigenvalue weighted by Gasteiger charge is -2.13. The van der Waals surface area contributed by atoms with Gasteiger partial charge in [0.25, 0.3) is 0 Å². The summed E-state index contributed by atoms with van der Waals surface area (Å²) < 4.78 is 1.04. The molecule has 0 aliphatic heterocycles. The van der Waals surface area contributed by atoms with Crippen LogP contribution in [0.2, 0.25) is 0 Å². The highest BCUT2D eigenvalue weighted by Crippen LogP contribution is 2.28. The van der Waals surface area contributed by atoms with Crippen LogP contribution in [0, 0.1) is 6.92 Å². The van der Waals surface area contributed by atoms with Crippen molar-refractivity contribution in [2.45, 2.75) is 13.3 Å². The Balaban J connectivity index is 1.95. The first-order valence-electron chi connectivity index (χ1n) is 8.49. The van der Waals surface area contributed by atoms with E-state index in [1.807, 2.05) is 61.5 Å². The molecule has 26 heavy (non-hydrogen) atoms. The maximum absolute atomic E-state index is 8.99. The summed E-state index contributed by atoms with van der Waals surface area (Å²) in [7, 11) is 0. The van der Waals surface area contributed by atoms with Gasteiger partial charge in [-0.1, -0.05) is 52.3 Å². The third-order valence-electron chi connectivity index (χ3n) is 3.94. The summed E-state index contributed by atoms with van der Waals surface area (Å²) in [5.74, 6) is 1.25. The number of anilines is 3. The molecule has 0 bridgehead atoms. The van der Waals surface area contributed by atoms with Gasteiger partial charge in [-0.2, -0.15) is 4.98 Å². The van der Waals surface area contributed by atoms with Gasteiger partial charge in [-0.25, -0.2) is 4.98 Å². The molecule has 0 amide bonds. The molecule has 0 unspecified atom stereocenters. The average molecular weight is 413 g/mol. The molecule has 0 spiro atoms. The largest absolute Gasteiger partial charge is 0.396 e.